The first kappa shape index (κ1) is 22.8. The van der Waals surface area contributed by atoms with Gasteiger partial charge in [0.15, 0.2) is 5.76 Å². The monoisotopic (exact) mass is 471 g/mol. The summed E-state index contributed by atoms with van der Waals surface area (Å²) in [5.41, 5.74) is 3.72. The van der Waals surface area contributed by atoms with Gasteiger partial charge in [0, 0.05) is 37.5 Å². The van der Waals surface area contributed by atoms with Crippen molar-refractivity contribution in [3.05, 3.63) is 72.0 Å². The van der Waals surface area contributed by atoms with Gasteiger partial charge in [0.1, 0.15) is 11.6 Å². The minimum absolute atomic E-state index is 0.0395. The average molecular weight is 472 g/mol. The number of benzene rings is 1. The van der Waals surface area contributed by atoms with Gasteiger partial charge < -0.3 is 19.6 Å². The maximum absolute atomic E-state index is 12.6. The highest BCUT2D eigenvalue weighted by Crippen LogP contribution is 2.26. The number of likely N-dealkylation sites (N-methyl/N-ethyl adjacent to an activating group) is 1. The molecule has 2 amide bonds. The minimum Gasteiger partial charge on any atom is -0.451 e. The fourth-order valence-corrected chi connectivity index (χ4v) is 4.65. The Hall–Kier alpha value is -3.94. The van der Waals surface area contributed by atoms with Gasteiger partial charge >= 0.3 is 0 Å². The molecular formula is C27H29N5O3. The highest BCUT2D eigenvalue weighted by molar-refractivity contribution is 5.94. The number of fused-ring (bicyclic) bond motifs is 1. The third-order valence-corrected chi connectivity index (χ3v) is 6.68. The van der Waals surface area contributed by atoms with Crippen molar-refractivity contribution in [3.63, 3.8) is 0 Å². The van der Waals surface area contributed by atoms with Crippen LogP contribution < -0.4 is 5.32 Å². The number of rotatable bonds is 7. The molecule has 0 aliphatic heterocycles. The number of H-pyrrole nitrogens is 1. The van der Waals surface area contributed by atoms with Gasteiger partial charge in [-0.2, -0.15) is 0 Å². The fourth-order valence-electron chi connectivity index (χ4n) is 4.65. The largest absolute Gasteiger partial charge is 0.451 e. The number of carbonyl (C=O) groups is 2. The molecule has 180 valence electrons. The molecule has 5 rings (SSSR count). The zero-order valence-corrected chi connectivity index (χ0v) is 19.8. The standard InChI is InChI=1S/C27H29N5O3/c1-32(20-5-3-2-4-6-20)26(33)17-29-27(34)24-10-9-23(35-24)19-7-8-21-22(16-19)31-25(30-21)15-18-11-13-28-14-12-18/h7-14,16,20H,2-6,15,17H2,1H3,(H,29,34)(H,30,31). The molecule has 35 heavy (non-hydrogen) atoms. The lowest BCUT2D eigenvalue weighted by atomic mass is 9.94. The molecule has 3 heterocycles. The topological polar surface area (TPSA) is 104 Å². The molecule has 8 nitrogen and oxygen atoms in total. The van der Waals surface area contributed by atoms with E-state index in [4.69, 9.17) is 4.42 Å². The van der Waals surface area contributed by atoms with Gasteiger partial charge in [-0.25, -0.2) is 4.98 Å². The second kappa shape index (κ2) is 10.1. The van der Waals surface area contributed by atoms with Crippen LogP contribution in [0.4, 0.5) is 0 Å². The van der Waals surface area contributed by atoms with Gasteiger partial charge in [0.05, 0.1) is 17.6 Å². The number of nitrogens with one attached hydrogen (secondary N) is 2. The Kier molecular flexibility index (Phi) is 6.61. The Labute approximate surface area is 203 Å². The smallest absolute Gasteiger partial charge is 0.287 e. The Morgan fingerprint density at radius 1 is 1.09 bits per heavy atom. The summed E-state index contributed by atoms with van der Waals surface area (Å²) < 4.78 is 5.81. The van der Waals surface area contributed by atoms with Gasteiger partial charge in [-0.3, -0.25) is 14.6 Å². The molecule has 2 N–H and O–H groups in total. The van der Waals surface area contributed by atoms with Crippen LogP contribution in [0, 0.1) is 0 Å². The van der Waals surface area contributed by atoms with E-state index in [1.807, 2.05) is 37.4 Å². The van der Waals surface area contributed by atoms with Crippen LogP contribution in [0.1, 0.15) is 54.0 Å². The Morgan fingerprint density at radius 3 is 2.69 bits per heavy atom. The summed E-state index contributed by atoms with van der Waals surface area (Å²) in [5.74, 6) is 1.14. The highest BCUT2D eigenvalue weighted by Gasteiger charge is 2.23. The van der Waals surface area contributed by atoms with Crippen LogP contribution in [-0.4, -0.2) is 51.3 Å². The second-order valence-electron chi connectivity index (χ2n) is 9.09. The molecule has 4 aromatic rings. The lowest BCUT2D eigenvalue weighted by molar-refractivity contribution is -0.131. The van der Waals surface area contributed by atoms with Gasteiger partial charge in [0.2, 0.25) is 5.91 Å². The van der Waals surface area contributed by atoms with Crippen LogP contribution in [0.15, 0.2) is 59.3 Å². The van der Waals surface area contributed by atoms with Gasteiger partial charge in [-0.1, -0.05) is 19.3 Å². The van der Waals surface area contributed by atoms with Gasteiger partial charge in [-0.15, -0.1) is 0 Å². The number of furan rings is 1. The van der Waals surface area contributed by atoms with E-state index in [1.54, 1.807) is 29.4 Å². The van der Waals surface area contributed by atoms with Crippen molar-refractivity contribution in [3.8, 4) is 11.3 Å². The number of aromatic nitrogens is 3. The highest BCUT2D eigenvalue weighted by atomic mass is 16.3. The lowest BCUT2D eigenvalue weighted by Gasteiger charge is -2.31. The molecule has 0 bridgehead atoms. The number of hydrogen-bond acceptors (Lipinski definition) is 5. The number of hydrogen-bond donors (Lipinski definition) is 2. The van der Waals surface area contributed by atoms with Crippen molar-refractivity contribution in [2.75, 3.05) is 13.6 Å². The average Bonchev–Trinajstić information content (AvgIpc) is 3.54. The van der Waals surface area contributed by atoms with E-state index in [2.05, 4.69) is 20.3 Å². The predicted molar refractivity (Wildman–Crippen MR) is 133 cm³/mol. The third-order valence-electron chi connectivity index (χ3n) is 6.68. The van der Waals surface area contributed by atoms with Crippen LogP contribution in [0.2, 0.25) is 0 Å². The fraction of sp³-hybridized carbons (Fsp3) is 0.333. The number of amides is 2. The van der Waals surface area contributed by atoms with Crippen molar-refractivity contribution in [1.82, 2.24) is 25.2 Å². The van der Waals surface area contributed by atoms with E-state index in [0.29, 0.717) is 12.2 Å². The van der Waals surface area contributed by atoms with Crippen molar-refractivity contribution in [2.24, 2.45) is 0 Å². The maximum atomic E-state index is 12.6. The minimum atomic E-state index is -0.399. The van der Waals surface area contributed by atoms with Crippen LogP contribution >= 0.6 is 0 Å². The molecule has 1 aliphatic carbocycles. The molecule has 3 aromatic heterocycles. The molecule has 0 saturated heterocycles. The molecule has 0 atom stereocenters. The van der Waals surface area contributed by atoms with Crippen molar-refractivity contribution in [2.45, 2.75) is 44.6 Å². The molecule has 1 saturated carbocycles. The Morgan fingerprint density at radius 2 is 1.89 bits per heavy atom. The van der Waals surface area contributed by atoms with Gasteiger partial charge in [0.25, 0.3) is 5.91 Å². The number of nitrogens with zero attached hydrogens (tertiary/aromatic N) is 3. The SMILES string of the molecule is CN(C(=O)CNC(=O)c1ccc(-c2ccc3nc(Cc4ccncc4)[nH]c3c2)o1)C1CCCCC1. The van der Waals surface area contributed by atoms with Crippen LogP contribution in [0.25, 0.3) is 22.4 Å². The summed E-state index contributed by atoms with van der Waals surface area (Å²) in [6.07, 6.45) is 9.83. The summed E-state index contributed by atoms with van der Waals surface area (Å²) in [5, 5.41) is 2.70. The summed E-state index contributed by atoms with van der Waals surface area (Å²) in [6.45, 7) is -0.0395. The van der Waals surface area contributed by atoms with E-state index in [-0.39, 0.29) is 24.3 Å². The Balaban J connectivity index is 1.22. The molecule has 0 unspecified atom stereocenters. The molecule has 1 aromatic carbocycles. The van der Waals surface area contributed by atoms with E-state index in [0.717, 1.165) is 53.7 Å². The number of carbonyl (C=O) groups excluding carboxylic acids is 2. The number of aromatic amines is 1. The molecule has 0 spiro atoms. The molecule has 0 radical (unpaired) electrons. The Bertz CT molecular complexity index is 1320. The van der Waals surface area contributed by atoms with E-state index in [9.17, 15) is 9.59 Å². The molecule has 8 heteroatoms. The third kappa shape index (κ3) is 5.26. The first-order valence-electron chi connectivity index (χ1n) is 12.1. The van der Waals surface area contributed by atoms with Crippen molar-refractivity contribution >= 4 is 22.8 Å². The van der Waals surface area contributed by atoms with E-state index in [1.165, 1.54) is 6.42 Å². The zero-order valence-electron chi connectivity index (χ0n) is 19.8. The lowest BCUT2D eigenvalue weighted by Crippen LogP contribution is -2.44. The normalized spacial score (nSPS) is 14.2. The first-order valence-corrected chi connectivity index (χ1v) is 12.1. The summed E-state index contributed by atoms with van der Waals surface area (Å²) >= 11 is 0. The van der Waals surface area contributed by atoms with Crippen molar-refractivity contribution in [1.29, 1.82) is 0 Å². The van der Waals surface area contributed by atoms with E-state index >= 15 is 0 Å². The molecule has 1 fully saturated rings. The van der Waals surface area contributed by atoms with Gasteiger partial charge in [-0.05, 0) is 60.9 Å². The molecule has 1 aliphatic rings. The first-order chi connectivity index (χ1) is 17.1. The number of pyridine rings is 1. The summed E-state index contributed by atoms with van der Waals surface area (Å²) in [4.78, 5) is 38.9. The number of imidazole rings is 1. The van der Waals surface area contributed by atoms with Crippen LogP contribution in [0.5, 0.6) is 0 Å². The molecular weight excluding hydrogens is 442 g/mol. The quantitative estimate of drug-likeness (QED) is 0.418. The second-order valence-corrected chi connectivity index (χ2v) is 9.09. The van der Waals surface area contributed by atoms with Crippen LogP contribution in [-0.2, 0) is 11.2 Å². The zero-order chi connectivity index (χ0) is 24.2. The van der Waals surface area contributed by atoms with Crippen LogP contribution in [0.3, 0.4) is 0 Å². The predicted octanol–water partition coefficient (Wildman–Crippen LogP) is 4.33. The van der Waals surface area contributed by atoms with E-state index < -0.39 is 5.91 Å². The summed E-state index contributed by atoms with van der Waals surface area (Å²) in [6, 6.07) is 13.4. The summed E-state index contributed by atoms with van der Waals surface area (Å²) in [7, 11) is 1.82. The maximum Gasteiger partial charge on any atom is 0.287 e. The van der Waals surface area contributed by atoms with Crippen molar-refractivity contribution < 1.29 is 14.0 Å².